The molecule has 0 aliphatic carbocycles. The first-order chi connectivity index (χ1) is 6.47. The Kier molecular flexibility index (Phi) is 6.41. The van der Waals surface area contributed by atoms with E-state index >= 15 is 0 Å². The summed E-state index contributed by atoms with van der Waals surface area (Å²) in [6.07, 6.45) is 3.74. The van der Waals surface area contributed by atoms with Gasteiger partial charge in [0.15, 0.2) is 9.84 Å². The lowest BCUT2D eigenvalue weighted by Gasteiger charge is -2.14. The molecule has 86 valence electrons. The molecule has 0 rings (SSSR count). The molecule has 0 heterocycles. The number of rotatable bonds is 7. The summed E-state index contributed by atoms with van der Waals surface area (Å²) in [5, 5.41) is -0.170. The topological polar surface area (TPSA) is 34.1 Å². The maximum atomic E-state index is 11.7. The van der Waals surface area contributed by atoms with Gasteiger partial charge in [-0.1, -0.05) is 33.6 Å². The molecule has 0 N–H and O–H groups in total. The number of hydrogen-bond donors (Lipinski definition) is 0. The molecule has 3 heteroatoms. The molecule has 0 saturated carbocycles. The molecule has 0 unspecified atom stereocenters. The van der Waals surface area contributed by atoms with Crippen LogP contribution >= 0.6 is 0 Å². The second-order valence-corrected chi connectivity index (χ2v) is 6.60. The van der Waals surface area contributed by atoms with Crippen molar-refractivity contribution in [1.29, 1.82) is 0 Å². The van der Waals surface area contributed by atoms with Crippen LogP contribution in [-0.2, 0) is 9.84 Å². The summed E-state index contributed by atoms with van der Waals surface area (Å²) in [6, 6.07) is 0. The van der Waals surface area contributed by atoms with Gasteiger partial charge in [-0.3, -0.25) is 0 Å². The summed E-state index contributed by atoms with van der Waals surface area (Å²) in [4.78, 5) is 0. The Morgan fingerprint density at radius 1 is 1.00 bits per heavy atom. The first kappa shape index (κ1) is 13.9. The van der Waals surface area contributed by atoms with Gasteiger partial charge >= 0.3 is 0 Å². The van der Waals surface area contributed by atoms with Gasteiger partial charge in [-0.2, -0.15) is 0 Å². The van der Waals surface area contributed by atoms with Crippen LogP contribution in [0.1, 0.15) is 53.4 Å². The highest BCUT2D eigenvalue weighted by Gasteiger charge is 2.19. The van der Waals surface area contributed by atoms with Crippen LogP contribution in [0.2, 0.25) is 0 Å². The number of sulfone groups is 1. The monoisotopic (exact) mass is 220 g/mol. The lowest BCUT2D eigenvalue weighted by molar-refractivity contribution is 0.472. The van der Waals surface area contributed by atoms with Crippen LogP contribution in [0.15, 0.2) is 0 Å². The van der Waals surface area contributed by atoms with E-state index in [0.717, 1.165) is 25.7 Å². The van der Waals surface area contributed by atoms with Crippen LogP contribution in [0.5, 0.6) is 0 Å². The Labute approximate surface area is 89.0 Å². The number of hydrogen-bond acceptors (Lipinski definition) is 2. The average Bonchev–Trinajstić information content (AvgIpc) is 2.18. The Hall–Kier alpha value is -0.0500. The summed E-state index contributed by atoms with van der Waals surface area (Å²) >= 11 is 0. The summed E-state index contributed by atoms with van der Waals surface area (Å²) in [5.41, 5.74) is 0. The minimum absolute atomic E-state index is 0.170. The first-order valence-corrected chi connectivity index (χ1v) is 7.40. The summed E-state index contributed by atoms with van der Waals surface area (Å²) in [5.74, 6) is 0.947. The van der Waals surface area contributed by atoms with Gasteiger partial charge in [0.1, 0.15) is 0 Å². The van der Waals surface area contributed by atoms with E-state index in [1.165, 1.54) is 0 Å². The van der Waals surface area contributed by atoms with Gasteiger partial charge in [0, 0.05) is 0 Å². The molecule has 0 aliphatic rings. The maximum absolute atomic E-state index is 11.7. The third-order valence-electron chi connectivity index (χ3n) is 3.15. The zero-order valence-electron chi connectivity index (χ0n) is 9.91. The highest BCUT2D eigenvalue weighted by molar-refractivity contribution is 7.91. The Morgan fingerprint density at radius 2 is 1.50 bits per heavy atom. The fourth-order valence-corrected chi connectivity index (χ4v) is 3.06. The van der Waals surface area contributed by atoms with E-state index in [9.17, 15) is 8.42 Å². The van der Waals surface area contributed by atoms with Gasteiger partial charge in [-0.25, -0.2) is 8.42 Å². The molecule has 0 aromatic carbocycles. The molecular formula is C11H24O2S. The summed E-state index contributed by atoms with van der Waals surface area (Å²) in [7, 11) is -2.83. The predicted molar refractivity (Wildman–Crippen MR) is 62.2 cm³/mol. The third kappa shape index (κ3) is 4.45. The molecule has 0 aromatic rings. The highest BCUT2D eigenvalue weighted by Crippen LogP contribution is 2.16. The molecule has 0 fully saturated rings. The van der Waals surface area contributed by atoms with Crippen LogP contribution in [0.3, 0.4) is 0 Å². The molecule has 0 saturated heterocycles. The molecule has 0 spiro atoms. The largest absolute Gasteiger partial charge is 0.229 e. The van der Waals surface area contributed by atoms with Crippen molar-refractivity contribution in [2.75, 3.05) is 5.75 Å². The van der Waals surface area contributed by atoms with Crippen LogP contribution < -0.4 is 0 Å². The van der Waals surface area contributed by atoms with Gasteiger partial charge in [-0.05, 0) is 25.7 Å². The zero-order chi connectivity index (χ0) is 11.2. The van der Waals surface area contributed by atoms with Crippen LogP contribution in [0, 0.1) is 5.92 Å². The van der Waals surface area contributed by atoms with Crippen LogP contribution in [0.25, 0.3) is 0 Å². The van der Waals surface area contributed by atoms with Gasteiger partial charge in [0.2, 0.25) is 0 Å². The summed E-state index contributed by atoms with van der Waals surface area (Å²) in [6.45, 7) is 8.00. The fourth-order valence-electron chi connectivity index (χ4n) is 1.48. The quantitative estimate of drug-likeness (QED) is 0.661. The van der Waals surface area contributed by atoms with Gasteiger partial charge < -0.3 is 0 Å². The van der Waals surface area contributed by atoms with E-state index in [-0.39, 0.29) is 5.25 Å². The van der Waals surface area contributed by atoms with E-state index in [2.05, 4.69) is 13.8 Å². The van der Waals surface area contributed by atoms with Crippen molar-refractivity contribution in [2.24, 2.45) is 5.92 Å². The zero-order valence-corrected chi connectivity index (χ0v) is 10.7. The van der Waals surface area contributed by atoms with Crippen molar-refractivity contribution < 1.29 is 8.42 Å². The molecular weight excluding hydrogens is 196 g/mol. The van der Waals surface area contributed by atoms with E-state index in [1.54, 1.807) is 0 Å². The van der Waals surface area contributed by atoms with E-state index < -0.39 is 9.84 Å². The van der Waals surface area contributed by atoms with Gasteiger partial charge in [0.05, 0.1) is 11.0 Å². The molecule has 0 bridgehead atoms. The van der Waals surface area contributed by atoms with Crippen molar-refractivity contribution in [2.45, 2.75) is 58.6 Å². The first-order valence-electron chi connectivity index (χ1n) is 5.69. The average molecular weight is 220 g/mol. The molecule has 0 aromatic heterocycles. The SMILES string of the molecule is CCC(CC)CCS(=O)(=O)[C@H](C)CC. The normalized spacial score (nSPS) is 14.6. The minimum atomic E-state index is -2.83. The van der Waals surface area contributed by atoms with Crippen LogP contribution in [0.4, 0.5) is 0 Å². The molecule has 0 radical (unpaired) electrons. The van der Waals surface area contributed by atoms with Crippen molar-refractivity contribution in [1.82, 2.24) is 0 Å². The summed E-state index contributed by atoms with van der Waals surface area (Å²) < 4.78 is 23.4. The second-order valence-electron chi connectivity index (χ2n) is 4.06. The lowest BCUT2D eigenvalue weighted by atomic mass is 10.0. The van der Waals surface area contributed by atoms with E-state index in [0.29, 0.717) is 11.7 Å². The van der Waals surface area contributed by atoms with Crippen molar-refractivity contribution in [3.8, 4) is 0 Å². The van der Waals surface area contributed by atoms with Crippen LogP contribution in [-0.4, -0.2) is 19.4 Å². The molecule has 0 aliphatic heterocycles. The van der Waals surface area contributed by atoms with Gasteiger partial charge in [-0.15, -0.1) is 0 Å². The van der Waals surface area contributed by atoms with Crippen molar-refractivity contribution >= 4 is 9.84 Å². The highest BCUT2D eigenvalue weighted by atomic mass is 32.2. The van der Waals surface area contributed by atoms with E-state index in [4.69, 9.17) is 0 Å². The molecule has 0 amide bonds. The smallest absolute Gasteiger partial charge is 0.152 e. The molecule has 2 nitrogen and oxygen atoms in total. The van der Waals surface area contributed by atoms with Gasteiger partial charge in [0.25, 0.3) is 0 Å². The van der Waals surface area contributed by atoms with E-state index in [1.807, 2.05) is 13.8 Å². The predicted octanol–water partition coefficient (Wildman–Crippen LogP) is 3.03. The molecule has 14 heavy (non-hydrogen) atoms. The second kappa shape index (κ2) is 6.44. The Morgan fingerprint density at radius 3 is 1.86 bits per heavy atom. The Balaban J connectivity index is 4.11. The lowest BCUT2D eigenvalue weighted by Crippen LogP contribution is -2.21. The molecule has 1 atom stereocenters. The minimum Gasteiger partial charge on any atom is -0.229 e. The van der Waals surface area contributed by atoms with Crippen molar-refractivity contribution in [3.05, 3.63) is 0 Å². The standard InChI is InChI=1S/C11H24O2S/c1-5-10(4)14(12,13)9-8-11(6-2)7-3/h10-11H,5-9H2,1-4H3/t10-/m1/s1. The van der Waals surface area contributed by atoms with Crippen molar-refractivity contribution in [3.63, 3.8) is 0 Å². The maximum Gasteiger partial charge on any atom is 0.152 e. The Bertz CT molecular complexity index is 228. The third-order valence-corrected chi connectivity index (χ3v) is 5.52. The fraction of sp³-hybridized carbons (Fsp3) is 1.00.